The van der Waals surface area contributed by atoms with Gasteiger partial charge in [-0.3, -0.25) is 0 Å². The van der Waals surface area contributed by atoms with Gasteiger partial charge in [-0.2, -0.15) is 0 Å². The van der Waals surface area contributed by atoms with Crippen LogP contribution in [0.3, 0.4) is 0 Å². The Morgan fingerprint density at radius 2 is 2.44 bits per heavy atom. The molecule has 1 aromatic heterocycles. The summed E-state index contributed by atoms with van der Waals surface area (Å²) in [7, 11) is 0. The second kappa shape index (κ2) is 5.00. The number of rotatable bonds is 2. The Kier molecular flexibility index (Phi) is 3.43. The molecule has 5 nitrogen and oxygen atoms in total. The minimum absolute atomic E-state index is 0.562. The van der Waals surface area contributed by atoms with Crippen LogP contribution in [-0.4, -0.2) is 16.8 Å². The number of hydrazine groups is 1. The van der Waals surface area contributed by atoms with E-state index >= 15 is 0 Å². The highest BCUT2D eigenvalue weighted by atomic mass is 32.2. The summed E-state index contributed by atoms with van der Waals surface area (Å²) in [6.45, 7) is 2.05. The summed E-state index contributed by atoms with van der Waals surface area (Å²) in [6.07, 6.45) is 3.40. The summed E-state index contributed by atoms with van der Waals surface area (Å²) in [4.78, 5) is 8.58. The maximum atomic E-state index is 5.38. The summed E-state index contributed by atoms with van der Waals surface area (Å²) in [5.74, 6) is 7.59. The molecule has 3 N–H and O–H groups in total. The van der Waals surface area contributed by atoms with Gasteiger partial charge in [0, 0.05) is 6.08 Å². The largest absolute Gasteiger partial charge is 0.465 e. The quantitative estimate of drug-likeness (QED) is 0.604. The fourth-order valence-corrected chi connectivity index (χ4v) is 1.82. The van der Waals surface area contributed by atoms with Crippen molar-refractivity contribution >= 4 is 28.8 Å². The van der Waals surface area contributed by atoms with Crippen molar-refractivity contribution in [2.75, 3.05) is 5.75 Å². The molecule has 0 atom stereocenters. The highest BCUT2D eigenvalue weighted by Crippen LogP contribution is 2.19. The van der Waals surface area contributed by atoms with Gasteiger partial charge in [-0.15, -0.1) is 0 Å². The van der Waals surface area contributed by atoms with Crippen LogP contribution in [-0.2, 0) is 0 Å². The predicted molar refractivity (Wildman–Crippen MR) is 67.0 cm³/mol. The Balaban J connectivity index is 2.24. The number of nitrogens with zero attached hydrogens (tertiary/aromatic N) is 2. The smallest absolute Gasteiger partial charge is 0.190 e. The highest BCUT2D eigenvalue weighted by Gasteiger charge is 2.15. The van der Waals surface area contributed by atoms with E-state index in [2.05, 4.69) is 15.4 Å². The van der Waals surface area contributed by atoms with E-state index in [9.17, 15) is 0 Å². The van der Waals surface area contributed by atoms with Crippen LogP contribution in [0, 0.1) is 0 Å². The van der Waals surface area contributed by atoms with Crippen LogP contribution < -0.4 is 11.3 Å². The SMILES string of the molecule is CCSC1=N/C(=C\c2ccco2)C(NN)=N1. The molecule has 0 aromatic carbocycles. The normalized spacial score (nSPS) is 17.5. The van der Waals surface area contributed by atoms with Crippen molar-refractivity contribution < 1.29 is 4.42 Å². The molecule has 84 valence electrons. The maximum absolute atomic E-state index is 5.38. The molecule has 0 bridgehead atoms. The number of thioether (sulfide) groups is 1. The lowest BCUT2D eigenvalue weighted by molar-refractivity contribution is 0.556. The molecule has 0 spiro atoms. The average molecular weight is 236 g/mol. The Morgan fingerprint density at radius 1 is 1.56 bits per heavy atom. The van der Waals surface area contributed by atoms with Gasteiger partial charge in [0.05, 0.1) is 6.26 Å². The Hall–Kier alpha value is -1.53. The van der Waals surface area contributed by atoms with Crippen molar-refractivity contribution in [3.63, 3.8) is 0 Å². The molecule has 0 radical (unpaired) electrons. The molecule has 1 aromatic rings. The monoisotopic (exact) mass is 236 g/mol. The van der Waals surface area contributed by atoms with Gasteiger partial charge in [0.2, 0.25) is 0 Å². The molecule has 0 saturated carbocycles. The first kappa shape index (κ1) is 11.0. The molecule has 0 fully saturated rings. The van der Waals surface area contributed by atoms with Gasteiger partial charge in [-0.05, 0) is 17.9 Å². The molecule has 0 saturated heterocycles. The van der Waals surface area contributed by atoms with Gasteiger partial charge < -0.3 is 9.84 Å². The van der Waals surface area contributed by atoms with Crippen LogP contribution in [0.15, 0.2) is 38.5 Å². The molecular weight excluding hydrogens is 224 g/mol. The fourth-order valence-electron chi connectivity index (χ4n) is 1.24. The molecular formula is C10H12N4OS. The summed E-state index contributed by atoms with van der Waals surface area (Å²) in [5.41, 5.74) is 3.22. The molecule has 2 heterocycles. The van der Waals surface area contributed by atoms with E-state index < -0.39 is 0 Å². The lowest BCUT2D eigenvalue weighted by Gasteiger charge is -1.97. The third-order valence-electron chi connectivity index (χ3n) is 1.90. The van der Waals surface area contributed by atoms with Crippen LogP contribution in [0.2, 0.25) is 0 Å². The number of nitrogens with two attached hydrogens (primary N) is 1. The van der Waals surface area contributed by atoms with E-state index in [1.807, 2.05) is 19.1 Å². The van der Waals surface area contributed by atoms with Gasteiger partial charge in [0.25, 0.3) is 0 Å². The zero-order valence-corrected chi connectivity index (χ0v) is 9.62. The molecule has 6 heteroatoms. The van der Waals surface area contributed by atoms with Crippen molar-refractivity contribution in [1.82, 2.24) is 5.43 Å². The number of furan rings is 1. The molecule has 16 heavy (non-hydrogen) atoms. The first-order valence-electron chi connectivity index (χ1n) is 4.86. The maximum Gasteiger partial charge on any atom is 0.190 e. The Bertz CT molecular complexity index is 447. The first-order valence-corrected chi connectivity index (χ1v) is 5.84. The zero-order chi connectivity index (χ0) is 11.4. The van der Waals surface area contributed by atoms with Crippen molar-refractivity contribution in [2.45, 2.75) is 6.92 Å². The molecule has 2 rings (SSSR count). The molecule has 1 aliphatic rings. The molecule has 1 aliphatic heterocycles. The second-order valence-electron chi connectivity index (χ2n) is 2.98. The highest BCUT2D eigenvalue weighted by molar-refractivity contribution is 8.13. The Morgan fingerprint density at radius 3 is 3.06 bits per heavy atom. The van der Waals surface area contributed by atoms with Crippen LogP contribution in [0.4, 0.5) is 0 Å². The number of amidine groups is 2. The van der Waals surface area contributed by atoms with Crippen molar-refractivity contribution in [1.29, 1.82) is 0 Å². The number of aliphatic imine (C=N–C) groups is 2. The first-order chi connectivity index (χ1) is 7.83. The van der Waals surface area contributed by atoms with Crippen molar-refractivity contribution in [3.8, 4) is 0 Å². The van der Waals surface area contributed by atoms with Crippen molar-refractivity contribution in [2.24, 2.45) is 15.8 Å². The third-order valence-corrected chi connectivity index (χ3v) is 2.63. The van der Waals surface area contributed by atoms with Gasteiger partial charge in [-0.25, -0.2) is 15.8 Å². The van der Waals surface area contributed by atoms with E-state index in [-0.39, 0.29) is 0 Å². The number of hydrogen-bond donors (Lipinski definition) is 2. The van der Waals surface area contributed by atoms with Crippen LogP contribution in [0.5, 0.6) is 0 Å². The standard InChI is InChI=1S/C10H12N4OS/c1-2-16-10-12-8(9(13-10)14-11)6-7-4-3-5-15-7/h3-6H,2,11H2,1H3,(H,12,13,14)/b8-6-. The third kappa shape index (κ3) is 2.34. The molecule has 0 amide bonds. The van der Waals surface area contributed by atoms with E-state index in [1.165, 1.54) is 0 Å². The lowest BCUT2D eigenvalue weighted by atomic mass is 10.3. The van der Waals surface area contributed by atoms with E-state index in [0.29, 0.717) is 16.7 Å². The van der Waals surface area contributed by atoms with Gasteiger partial charge in [0.1, 0.15) is 11.5 Å². The summed E-state index contributed by atoms with van der Waals surface area (Å²) in [6, 6.07) is 3.67. The fraction of sp³-hybridized carbons (Fsp3) is 0.200. The second-order valence-corrected chi connectivity index (χ2v) is 4.21. The van der Waals surface area contributed by atoms with E-state index in [1.54, 1.807) is 24.1 Å². The van der Waals surface area contributed by atoms with Crippen LogP contribution in [0.25, 0.3) is 6.08 Å². The average Bonchev–Trinajstić information content (AvgIpc) is 2.89. The topological polar surface area (TPSA) is 75.9 Å². The number of hydrogen-bond acceptors (Lipinski definition) is 6. The van der Waals surface area contributed by atoms with Gasteiger partial charge >= 0.3 is 0 Å². The lowest BCUT2D eigenvalue weighted by Crippen LogP contribution is -2.30. The van der Waals surface area contributed by atoms with Crippen LogP contribution in [0.1, 0.15) is 12.7 Å². The van der Waals surface area contributed by atoms with E-state index in [4.69, 9.17) is 10.3 Å². The van der Waals surface area contributed by atoms with Crippen LogP contribution >= 0.6 is 11.8 Å². The minimum Gasteiger partial charge on any atom is -0.465 e. The van der Waals surface area contributed by atoms with Crippen molar-refractivity contribution in [3.05, 3.63) is 29.9 Å². The van der Waals surface area contributed by atoms with Gasteiger partial charge in [-0.1, -0.05) is 18.7 Å². The minimum atomic E-state index is 0.562. The summed E-state index contributed by atoms with van der Waals surface area (Å²) < 4.78 is 5.21. The number of nitrogens with one attached hydrogen (secondary N) is 1. The van der Waals surface area contributed by atoms with E-state index in [0.717, 1.165) is 11.5 Å². The molecule has 0 aliphatic carbocycles. The molecule has 0 unspecified atom stereocenters. The predicted octanol–water partition coefficient (Wildman–Crippen LogP) is 1.60. The van der Waals surface area contributed by atoms with Gasteiger partial charge in [0.15, 0.2) is 11.0 Å². The zero-order valence-electron chi connectivity index (χ0n) is 8.80. The Labute approximate surface area is 97.5 Å². The summed E-state index contributed by atoms with van der Waals surface area (Å²) >= 11 is 1.57. The summed E-state index contributed by atoms with van der Waals surface area (Å²) in [5, 5.41) is 0.716.